The first-order valence-electron chi connectivity index (χ1n) is 9.90. The predicted molar refractivity (Wildman–Crippen MR) is 114 cm³/mol. The van der Waals surface area contributed by atoms with Crippen LogP contribution in [-0.2, 0) is 21.4 Å². The zero-order chi connectivity index (χ0) is 21.7. The minimum absolute atomic E-state index is 0.128. The van der Waals surface area contributed by atoms with Crippen LogP contribution in [0.1, 0.15) is 24.0 Å². The van der Waals surface area contributed by atoms with E-state index in [0.717, 1.165) is 16.9 Å². The molecule has 2 aromatic carbocycles. The summed E-state index contributed by atoms with van der Waals surface area (Å²) in [6.07, 6.45) is 1.32. The van der Waals surface area contributed by atoms with Gasteiger partial charge in [-0.05, 0) is 61.2 Å². The molecule has 1 fully saturated rings. The van der Waals surface area contributed by atoms with E-state index < -0.39 is 10.0 Å². The van der Waals surface area contributed by atoms with Crippen LogP contribution in [-0.4, -0.2) is 45.9 Å². The maximum Gasteiger partial charge on any atom is 0.243 e. The van der Waals surface area contributed by atoms with E-state index in [-0.39, 0.29) is 23.3 Å². The summed E-state index contributed by atoms with van der Waals surface area (Å²) in [5.74, 6) is 0.901. The van der Waals surface area contributed by atoms with Crippen molar-refractivity contribution >= 4 is 15.9 Å². The molecular weight excluding hydrogens is 404 g/mol. The SMILES string of the molecule is COc1ccc(CNC(=O)C2CCCN(S(=O)(=O)c3ccc(OC)c(C)c3)C2)cc1. The standard InChI is InChI=1S/C22H28N2O5S/c1-16-13-20(10-11-21(16)29-3)30(26,27)24-12-4-5-18(15-24)22(25)23-14-17-6-8-19(28-2)9-7-17/h6-11,13,18H,4-5,12,14-15H2,1-3H3,(H,23,25). The number of methoxy groups -OCH3 is 2. The highest BCUT2D eigenvalue weighted by molar-refractivity contribution is 7.89. The molecule has 0 aliphatic carbocycles. The maximum atomic E-state index is 13.1. The van der Waals surface area contributed by atoms with Crippen LogP contribution in [0.25, 0.3) is 0 Å². The fraction of sp³-hybridized carbons (Fsp3) is 0.409. The van der Waals surface area contributed by atoms with Crippen LogP contribution in [0.5, 0.6) is 11.5 Å². The largest absolute Gasteiger partial charge is 0.497 e. The van der Waals surface area contributed by atoms with Crippen LogP contribution in [0.2, 0.25) is 0 Å². The van der Waals surface area contributed by atoms with Crippen LogP contribution in [0.3, 0.4) is 0 Å². The number of amides is 1. The van der Waals surface area contributed by atoms with Crippen molar-refractivity contribution in [3.05, 3.63) is 53.6 Å². The number of sulfonamides is 1. The second kappa shape index (κ2) is 9.49. The van der Waals surface area contributed by atoms with Gasteiger partial charge in [0.1, 0.15) is 11.5 Å². The molecule has 1 aliphatic rings. The highest BCUT2D eigenvalue weighted by atomic mass is 32.2. The number of piperidine rings is 1. The molecule has 3 rings (SSSR count). The summed E-state index contributed by atoms with van der Waals surface area (Å²) in [5, 5.41) is 2.92. The normalized spacial score (nSPS) is 17.4. The Morgan fingerprint density at radius 2 is 1.87 bits per heavy atom. The van der Waals surface area contributed by atoms with Gasteiger partial charge in [0.15, 0.2) is 0 Å². The smallest absolute Gasteiger partial charge is 0.243 e. The average molecular weight is 433 g/mol. The van der Waals surface area contributed by atoms with E-state index in [2.05, 4.69) is 5.32 Å². The second-order valence-electron chi connectivity index (χ2n) is 7.40. The number of aryl methyl sites for hydroxylation is 1. The average Bonchev–Trinajstić information content (AvgIpc) is 2.77. The Hall–Kier alpha value is -2.58. The zero-order valence-electron chi connectivity index (χ0n) is 17.6. The van der Waals surface area contributed by atoms with Gasteiger partial charge in [-0.3, -0.25) is 4.79 Å². The molecule has 1 aliphatic heterocycles. The van der Waals surface area contributed by atoms with Gasteiger partial charge < -0.3 is 14.8 Å². The summed E-state index contributed by atoms with van der Waals surface area (Å²) in [4.78, 5) is 12.9. The molecule has 0 aromatic heterocycles. The number of carbonyl (C=O) groups is 1. The number of ether oxygens (including phenoxy) is 2. The van der Waals surface area contributed by atoms with Crippen molar-refractivity contribution in [2.75, 3.05) is 27.3 Å². The lowest BCUT2D eigenvalue weighted by Gasteiger charge is -2.31. The number of rotatable bonds is 7. The van der Waals surface area contributed by atoms with Crippen molar-refractivity contribution in [3.8, 4) is 11.5 Å². The lowest BCUT2D eigenvalue weighted by atomic mass is 9.99. The van der Waals surface area contributed by atoms with Crippen LogP contribution < -0.4 is 14.8 Å². The van der Waals surface area contributed by atoms with Crippen LogP contribution >= 0.6 is 0 Å². The Balaban J connectivity index is 1.64. The van der Waals surface area contributed by atoms with Gasteiger partial charge in [-0.25, -0.2) is 8.42 Å². The van der Waals surface area contributed by atoms with Crippen molar-refractivity contribution in [2.45, 2.75) is 31.2 Å². The summed E-state index contributed by atoms with van der Waals surface area (Å²) in [7, 11) is -0.511. The fourth-order valence-electron chi connectivity index (χ4n) is 3.61. The Labute approximate surface area is 178 Å². The van der Waals surface area contributed by atoms with Crippen LogP contribution in [0, 0.1) is 12.8 Å². The minimum Gasteiger partial charge on any atom is -0.497 e. The molecule has 162 valence electrons. The molecule has 30 heavy (non-hydrogen) atoms. The third-order valence-electron chi connectivity index (χ3n) is 5.38. The molecular formula is C22H28N2O5S. The molecule has 1 unspecified atom stereocenters. The summed E-state index contributed by atoms with van der Waals surface area (Å²) in [5.41, 5.74) is 1.71. The van der Waals surface area contributed by atoms with Gasteiger partial charge in [0.05, 0.1) is 25.0 Å². The first kappa shape index (κ1) is 22.1. The first-order valence-corrected chi connectivity index (χ1v) is 11.3. The van der Waals surface area contributed by atoms with E-state index in [1.807, 2.05) is 31.2 Å². The Bertz CT molecular complexity index is 989. The molecule has 0 saturated carbocycles. The van der Waals surface area contributed by atoms with Gasteiger partial charge in [0.2, 0.25) is 15.9 Å². The van der Waals surface area contributed by atoms with E-state index in [0.29, 0.717) is 31.7 Å². The van der Waals surface area contributed by atoms with E-state index >= 15 is 0 Å². The van der Waals surface area contributed by atoms with Crippen molar-refractivity contribution < 1.29 is 22.7 Å². The topological polar surface area (TPSA) is 84.9 Å². The van der Waals surface area contributed by atoms with E-state index in [4.69, 9.17) is 9.47 Å². The molecule has 0 bridgehead atoms. The highest BCUT2D eigenvalue weighted by Crippen LogP contribution is 2.27. The molecule has 0 spiro atoms. The number of benzene rings is 2. The second-order valence-corrected chi connectivity index (χ2v) is 9.34. The van der Waals surface area contributed by atoms with Gasteiger partial charge >= 0.3 is 0 Å². The third-order valence-corrected chi connectivity index (χ3v) is 7.25. The molecule has 1 amide bonds. The minimum atomic E-state index is -3.67. The Morgan fingerprint density at radius 1 is 1.13 bits per heavy atom. The van der Waals surface area contributed by atoms with Crippen molar-refractivity contribution in [3.63, 3.8) is 0 Å². The van der Waals surface area contributed by atoms with Gasteiger partial charge in [0.25, 0.3) is 0 Å². The lowest BCUT2D eigenvalue weighted by molar-refractivity contribution is -0.126. The number of nitrogens with one attached hydrogen (secondary N) is 1. The monoisotopic (exact) mass is 432 g/mol. The van der Waals surface area contributed by atoms with E-state index in [1.54, 1.807) is 32.4 Å². The zero-order valence-corrected chi connectivity index (χ0v) is 18.4. The number of hydrogen-bond acceptors (Lipinski definition) is 5. The number of nitrogens with zero attached hydrogens (tertiary/aromatic N) is 1. The molecule has 8 heteroatoms. The number of carbonyl (C=O) groups excluding carboxylic acids is 1. The van der Waals surface area contributed by atoms with E-state index in [1.165, 1.54) is 4.31 Å². The molecule has 7 nitrogen and oxygen atoms in total. The molecule has 1 atom stereocenters. The van der Waals surface area contributed by atoms with Gasteiger partial charge in [-0.15, -0.1) is 0 Å². The Kier molecular flexibility index (Phi) is 6.99. The number of hydrogen-bond donors (Lipinski definition) is 1. The first-order chi connectivity index (χ1) is 14.3. The van der Waals surface area contributed by atoms with Crippen LogP contribution in [0.15, 0.2) is 47.4 Å². The summed E-state index contributed by atoms with van der Waals surface area (Å²) >= 11 is 0. The lowest BCUT2D eigenvalue weighted by Crippen LogP contribution is -2.45. The van der Waals surface area contributed by atoms with E-state index in [9.17, 15) is 13.2 Å². The Morgan fingerprint density at radius 3 is 2.50 bits per heavy atom. The quantitative estimate of drug-likeness (QED) is 0.727. The van der Waals surface area contributed by atoms with Crippen molar-refractivity contribution in [2.24, 2.45) is 5.92 Å². The molecule has 0 radical (unpaired) electrons. The van der Waals surface area contributed by atoms with Gasteiger partial charge in [-0.1, -0.05) is 12.1 Å². The highest BCUT2D eigenvalue weighted by Gasteiger charge is 2.33. The van der Waals surface area contributed by atoms with Gasteiger partial charge in [-0.2, -0.15) is 4.31 Å². The maximum absolute atomic E-state index is 13.1. The summed E-state index contributed by atoms with van der Waals surface area (Å²) < 4.78 is 37.9. The predicted octanol–water partition coefficient (Wildman–Crippen LogP) is 2.73. The van der Waals surface area contributed by atoms with Crippen molar-refractivity contribution in [1.29, 1.82) is 0 Å². The third kappa shape index (κ3) is 4.94. The van der Waals surface area contributed by atoms with Crippen LogP contribution in [0.4, 0.5) is 0 Å². The summed E-state index contributed by atoms with van der Waals surface area (Å²) in [6, 6.07) is 12.3. The van der Waals surface area contributed by atoms with Crippen molar-refractivity contribution in [1.82, 2.24) is 9.62 Å². The molecule has 2 aromatic rings. The fourth-order valence-corrected chi connectivity index (χ4v) is 5.22. The molecule has 1 heterocycles. The van der Waals surface area contributed by atoms with Gasteiger partial charge in [0, 0.05) is 19.6 Å². The summed E-state index contributed by atoms with van der Waals surface area (Å²) in [6.45, 7) is 2.80. The molecule has 1 saturated heterocycles. The molecule has 1 N–H and O–H groups in total.